The molecule has 1 atom stereocenters. The highest BCUT2D eigenvalue weighted by atomic mass is 35.5. The molecule has 0 heterocycles. The van der Waals surface area contributed by atoms with Gasteiger partial charge in [0.15, 0.2) is 0 Å². The zero-order chi connectivity index (χ0) is 24.5. The maximum absolute atomic E-state index is 13.4. The lowest BCUT2D eigenvalue weighted by molar-refractivity contribution is -0.139. The molecule has 2 aromatic rings. The van der Waals surface area contributed by atoms with Crippen LogP contribution >= 0.6 is 35.0 Å². The molecule has 8 heteroatoms. The summed E-state index contributed by atoms with van der Waals surface area (Å²) in [6.07, 6.45) is 4.82. The lowest BCUT2D eigenvalue weighted by atomic mass is 10.1. The van der Waals surface area contributed by atoms with Crippen LogP contribution in [0.25, 0.3) is 0 Å². The van der Waals surface area contributed by atoms with Crippen molar-refractivity contribution in [2.24, 2.45) is 0 Å². The molecule has 1 saturated carbocycles. The van der Waals surface area contributed by atoms with Crippen molar-refractivity contribution in [1.82, 2.24) is 10.2 Å². The van der Waals surface area contributed by atoms with Gasteiger partial charge in [-0.15, -0.1) is 11.8 Å². The minimum atomic E-state index is -0.529. The molecular weight excluding hydrogens is 491 g/mol. The third kappa shape index (κ3) is 7.56. The number of nitrogens with zero attached hydrogens (tertiary/aromatic N) is 1. The predicted octanol–water partition coefficient (Wildman–Crippen LogP) is 6.10. The number of nitrogens with one attached hydrogen (secondary N) is 1. The first-order valence-corrected chi connectivity index (χ1v) is 13.6. The summed E-state index contributed by atoms with van der Waals surface area (Å²) in [7, 11) is 1.62. The number of rotatable bonds is 11. The van der Waals surface area contributed by atoms with E-state index in [4.69, 9.17) is 27.9 Å². The summed E-state index contributed by atoms with van der Waals surface area (Å²) in [5.74, 6) is 1.40. The Hall–Kier alpha value is -1.89. The second-order valence-electron chi connectivity index (χ2n) is 8.52. The summed E-state index contributed by atoms with van der Waals surface area (Å²) in [6, 6.07) is 12.7. The van der Waals surface area contributed by atoms with Gasteiger partial charge in [0.2, 0.25) is 11.8 Å². The van der Waals surface area contributed by atoms with E-state index >= 15 is 0 Å². The number of methoxy groups -OCH3 is 1. The van der Waals surface area contributed by atoms with Crippen LogP contribution in [0.3, 0.4) is 0 Å². The summed E-state index contributed by atoms with van der Waals surface area (Å²) >= 11 is 13.7. The molecule has 3 rings (SSSR count). The molecule has 2 aromatic carbocycles. The van der Waals surface area contributed by atoms with E-state index in [2.05, 4.69) is 5.32 Å². The first-order valence-electron chi connectivity index (χ1n) is 11.7. The van der Waals surface area contributed by atoms with Crippen molar-refractivity contribution in [3.05, 3.63) is 63.6 Å². The monoisotopic (exact) mass is 522 g/mol. The first kappa shape index (κ1) is 26.7. The smallest absolute Gasteiger partial charge is 0.243 e. The molecule has 34 heavy (non-hydrogen) atoms. The molecule has 1 fully saturated rings. The van der Waals surface area contributed by atoms with E-state index in [9.17, 15) is 9.59 Å². The van der Waals surface area contributed by atoms with Gasteiger partial charge in [-0.05, 0) is 54.7 Å². The Morgan fingerprint density at radius 1 is 1.18 bits per heavy atom. The van der Waals surface area contributed by atoms with Crippen LogP contribution in [0, 0.1) is 0 Å². The largest absolute Gasteiger partial charge is 0.497 e. The zero-order valence-electron chi connectivity index (χ0n) is 19.7. The molecule has 0 unspecified atom stereocenters. The van der Waals surface area contributed by atoms with Gasteiger partial charge in [0, 0.05) is 28.4 Å². The molecule has 0 radical (unpaired) electrons. The van der Waals surface area contributed by atoms with Gasteiger partial charge >= 0.3 is 0 Å². The standard InChI is InChI=1S/C26H32Cl2N2O3S/c1-3-24(26(32)29-21-8-4-5-9-21)30(15-18-7-6-10-22(13-18)33-2)25(31)17-34-16-19-11-12-20(27)14-23(19)28/h6-7,10-14,21,24H,3-5,8-9,15-17H2,1-2H3,(H,29,32)/t24-/m1/s1. The zero-order valence-corrected chi connectivity index (χ0v) is 22.0. The van der Waals surface area contributed by atoms with E-state index in [1.807, 2.05) is 37.3 Å². The van der Waals surface area contributed by atoms with Crippen molar-refractivity contribution >= 4 is 46.8 Å². The van der Waals surface area contributed by atoms with Gasteiger partial charge < -0.3 is 15.0 Å². The minimum Gasteiger partial charge on any atom is -0.497 e. The SMILES string of the molecule is CC[C@H](C(=O)NC1CCCC1)N(Cc1cccc(OC)c1)C(=O)CSCc1ccc(Cl)cc1Cl. The molecule has 0 saturated heterocycles. The van der Waals surface area contributed by atoms with E-state index in [-0.39, 0.29) is 23.6 Å². The molecule has 0 spiro atoms. The fourth-order valence-electron chi connectivity index (χ4n) is 4.22. The van der Waals surface area contributed by atoms with Gasteiger partial charge in [0.05, 0.1) is 12.9 Å². The quantitative estimate of drug-likeness (QED) is 0.387. The number of halogens is 2. The van der Waals surface area contributed by atoms with E-state index in [1.54, 1.807) is 24.1 Å². The van der Waals surface area contributed by atoms with Crippen molar-refractivity contribution in [1.29, 1.82) is 0 Å². The van der Waals surface area contributed by atoms with Gasteiger partial charge in [0.25, 0.3) is 0 Å². The highest BCUT2D eigenvalue weighted by Gasteiger charge is 2.30. The van der Waals surface area contributed by atoms with Crippen molar-refractivity contribution in [3.8, 4) is 5.75 Å². The van der Waals surface area contributed by atoms with E-state index in [0.717, 1.165) is 42.6 Å². The molecule has 1 N–H and O–H groups in total. The molecule has 0 bridgehead atoms. The molecule has 1 aliphatic rings. The fraction of sp³-hybridized carbons (Fsp3) is 0.462. The lowest BCUT2D eigenvalue weighted by Crippen LogP contribution is -2.51. The van der Waals surface area contributed by atoms with Crippen LogP contribution in [-0.2, 0) is 21.9 Å². The Bertz CT molecular complexity index is 982. The molecule has 0 aliphatic heterocycles. The van der Waals surface area contributed by atoms with Gasteiger partial charge in [-0.2, -0.15) is 0 Å². The second-order valence-corrected chi connectivity index (χ2v) is 10.3. The summed E-state index contributed by atoms with van der Waals surface area (Å²) in [6.45, 7) is 2.29. The molecular formula is C26H32Cl2N2O3S. The fourth-order valence-corrected chi connectivity index (χ4v) is 5.69. The Morgan fingerprint density at radius 3 is 2.62 bits per heavy atom. The van der Waals surface area contributed by atoms with Crippen LogP contribution in [0.4, 0.5) is 0 Å². The second kappa shape index (κ2) is 13.3. The average molecular weight is 524 g/mol. The van der Waals surface area contributed by atoms with Crippen LogP contribution in [0.1, 0.15) is 50.2 Å². The normalized spacial score (nSPS) is 14.6. The third-order valence-corrected chi connectivity index (χ3v) is 7.63. The highest BCUT2D eigenvalue weighted by Crippen LogP contribution is 2.26. The number of amides is 2. The summed E-state index contributed by atoms with van der Waals surface area (Å²) in [5, 5.41) is 4.34. The molecule has 1 aliphatic carbocycles. The van der Waals surface area contributed by atoms with E-state index in [1.165, 1.54) is 11.8 Å². The maximum Gasteiger partial charge on any atom is 0.243 e. The van der Waals surface area contributed by atoms with Crippen LogP contribution in [-0.4, -0.2) is 41.7 Å². The highest BCUT2D eigenvalue weighted by molar-refractivity contribution is 7.99. The minimum absolute atomic E-state index is 0.0728. The van der Waals surface area contributed by atoms with E-state index < -0.39 is 6.04 Å². The van der Waals surface area contributed by atoms with Crippen molar-refractivity contribution < 1.29 is 14.3 Å². The van der Waals surface area contributed by atoms with Gasteiger partial charge in [-0.1, -0.05) is 61.2 Å². The number of hydrogen-bond donors (Lipinski definition) is 1. The van der Waals surface area contributed by atoms with Gasteiger partial charge in [0.1, 0.15) is 11.8 Å². The number of benzene rings is 2. The summed E-state index contributed by atoms with van der Waals surface area (Å²) < 4.78 is 5.34. The first-order chi connectivity index (χ1) is 16.4. The predicted molar refractivity (Wildman–Crippen MR) is 141 cm³/mol. The molecule has 5 nitrogen and oxygen atoms in total. The Morgan fingerprint density at radius 2 is 1.94 bits per heavy atom. The maximum atomic E-state index is 13.4. The third-order valence-electron chi connectivity index (χ3n) is 6.07. The number of thioether (sulfide) groups is 1. The van der Waals surface area contributed by atoms with Crippen molar-refractivity contribution in [2.75, 3.05) is 12.9 Å². The summed E-state index contributed by atoms with van der Waals surface area (Å²) in [5.41, 5.74) is 1.85. The number of hydrogen-bond acceptors (Lipinski definition) is 4. The van der Waals surface area contributed by atoms with Crippen molar-refractivity contribution in [3.63, 3.8) is 0 Å². The van der Waals surface area contributed by atoms with Gasteiger partial charge in [-0.25, -0.2) is 0 Å². The van der Waals surface area contributed by atoms with Crippen LogP contribution in [0.15, 0.2) is 42.5 Å². The Balaban J connectivity index is 1.73. The molecule has 2 amide bonds. The Labute approximate surface area is 216 Å². The Kier molecular flexibility index (Phi) is 10.4. The van der Waals surface area contributed by atoms with Crippen LogP contribution < -0.4 is 10.1 Å². The van der Waals surface area contributed by atoms with Crippen LogP contribution in [0.5, 0.6) is 5.75 Å². The number of carbonyl (C=O) groups is 2. The van der Waals surface area contributed by atoms with Gasteiger partial charge in [-0.3, -0.25) is 9.59 Å². The topological polar surface area (TPSA) is 58.6 Å². The average Bonchev–Trinajstić information content (AvgIpc) is 3.33. The molecule has 0 aromatic heterocycles. The van der Waals surface area contributed by atoms with E-state index in [0.29, 0.717) is 28.8 Å². The van der Waals surface area contributed by atoms with Crippen molar-refractivity contribution in [2.45, 2.75) is 63.4 Å². The summed E-state index contributed by atoms with van der Waals surface area (Å²) in [4.78, 5) is 28.3. The molecule has 184 valence electrons. The van der Waals surface area contributed by atoms with Crippen LogP contribution in [0.2, 0.25) is 10.0 Å². The number of carbonyl (C=O) groups excluding carboxylic acids is 2. The number of ether oxygens (including phenoxy) is 1. The lowest BCUT2D eigenvalue weighted by Gasteiger charge is -2.31.